The molecule has 2 aliphatic heterocycles. The van der Waals surface area contributed by atoms with E-state index in [1.165, 1.54) is 79.8 Å². The van der Waals surface area contributed by atoms with Crippen molar-refractivity contribution in [1.29, 1.82) is 0 Å². The molecule has 0 aliphatic carbocycles. The van der Waals surface area contributed by atoms with Gasteiger partial charge in [-0.1, -0.05) is 36.4 Å². The van der Waals surface area contributed by atoms with Gasteiger partial charge < -0.3 is 14.2 Å². The number of ether oxygens (including phenoxy) is 1. The fourth-order valence-electron chi connectivity index (χ4n) is 5.55. The number of aromatic nitrogens is 1. The third kappa shape index (κ3) is 5.11. The van der Waals surface area contributed by atoms with E-state index in [9.17, 15) is 4.79 Å². The van der Waals surface area contributed by atoms with E-state index < -0.39 is 0 Å². The normalized spacial score (nSPS) is 17.0. The van der Waals surface area contributed by atoms with Gasteiger partial charge in [-0.3, -0.25) is 4.90 Å². The molecule has 1 fully saturated rings. The molecule has 0 radical (unpaired) electrons. The van der Waals surface area contributed by atoms with Crippen molar-refractivity contribution in [1.82, 2.24) is 14.4 Å². The summed E-state index contributed by atoms with van der Waals surface area (Å²) in [6.07, 6.45) is 8.32. The molecular formula is C29H35N3O2. The van der Waals surface area contributed by atoms with E-state index in [2.05, 4.69) is 62.9 Å². The fourth-order valence-corrected chi connectivity index (χ4v) is 5.55. The first-order valence-electron chi connectivity index (χ1n) is 12.6. The second kappa shape index (κ2) is 10.6. The molecule has 3 heterocycles. The lowest BCUT2D eigenvalue weighted by molar-refractivity contribution is -0.134. The molecular weight excluding hydrogens is 422 g/mol. The number of likely N-dealkylation sites (tertiary alicyclic amines) is 1. The van der Waals surface area contributed by atoms with Gasteiger partial charge in [0, 0.05) is 55.3 Å². The summed E-state index contributed by atoms with van der Waals surface area (Å²) < 4.78 is 7.35. The Labute approximate surface area is 202 Å². The molecule has 178 valence electrons. The van der Waals surface area contributed by atoms with Crippen LogP contribution in [0.2, 0.25) is 0 Å². The van der Waals surface area contributed by atoms with Crippen LogP contribution in [0.25, 0.3) is 17.0 Å². The van der Waals surface area contributed by atoms with Crippen LogP contribution in [0.4, 0.5) is 0 Å². The molecule has 0 amide bonds. The number of methoxy groups -OCH3 is 1. The molecule has 0 N–H and O–H groups in total. The van der Waals surface area contributed by atoms with Crippen LogP contribution >= 0.6 is 0 Å². The summed E-state index contributed by atoms with van der Waals surface area (Å²) in [6, 6.07) is 17.4. The van der Waals surface area contributed by atoms with Gasteiger partial charge in [0.25, 0.3) is 0 Å². The molecule has 2 aromatic carbocycles. The minimum Gasteiger partial charge on any atom is -0.466 e. The van der Waals surface area contributed by atoms with Crippen LogP contribution < -0.4 is 0 Å². The van der Waals surface area contributed by atoms with Crippen molar-refractivity contribution in [2.75, 3.05) is 33.3 Å². The van der Waals surface area contributed by atoms with Crippen molar-refractivity contribution < 1.29 is 9.53 Å². The number of carbonyl (C=O) groups is 1. The fraction of sp³-hybridized carbons (Fsp3) is 0.414. The third-order valence-corrected chi connectivity index (χ3v) is 7.27. The Morgan fingerprint density at radius 2 is 1.82 bits per heavy atom. The van der Waals surface area contributed by atoms with Crippen molar-refractivity contribution in [2.24, 2.45) is 0 Å². The average molecular weight is 458 g/mol. The smallest absolute Gasteiger partial charge is 0.330 e. The highest BCUT2D eigenvalue weighted by molar-refractivity contribution is 5.91. The molecule has 0 unspecified atom stereocenters. The van der Waals surface area contributed by atoms with Gasteiger partial charge in [0.05, 0.1) is 7.11 Å². The summed E-state index contributed by atoms with van der Waals surface area (Å²) >= 11 is 0. The van der Waals surface area contributed by atoms with Gasteiger partial charge in [-0.25, -0.2) is 4.79 Å². The van der Waals surface area contributed by atoms with Crippen LogP contribution in [0.15, 0.2) is 54.6 Å². The molecule has 0 bridgehead atoms. The number of aryl methyl sites for hydroxylation is 1. The largest absolute Gasteiger partial charge is 0.466 e. The lowest BCUT2D eigenvalue weighted by atomic mass is 10.0. The minimum absolute atomic E-state index is 0.323. The first-order valence-corrected chi connectivity index (χ1v) is 12.6. The standard InChI is InChI=1S/C29H35N3O2/c1-34-29(33)13-11-23-10-12-27-25(20-23)26-22-31(21-24-8-3-2-4-9-24)19-14-28(26)32(27)18-7-17-30-15-5-6-16-30/h2-4,8-13,20H,5-7,14-19,21-22H2,1H3/b13-11+. The maximum Gasteiger partial charge on any atom is 0.330 e. The van der Waals surface area contributed by atoms with Gasteiger partial charge in [-0.15, -0.1) is 0 Å². The predicted octanol–water partition coefficient (Wildman–Crippen LogP) is 4.87. The lowest BCUT2D eigenvalue weighted by Gasteiger charge is -2.28. The topological polar surface area (TPSA) is 37.7 Å². The summed E-state index contributed by atoms with van der Waals surface area (Å²) in [4.78, 5) is 16.8. The van der Waals surface area contributed by atoms with Gasteiger partial charge in [0.1, 0.15) is 0 Å². The second-order valence-corrected chi connectivity index (χ2v) is 9.56. The number of fused-ring (bicyclic) bond motifs is 3. The highest BCUT2D eigenvalue weighted by Crippen LogP contribution is 2.33. The minimum atomic E-state index is -0.323. The first kappa shape index (κ1) is 22.9. The number of hydrogen-bond acceptors (Lipinski definition) is 4. The van der Waals surface area contributed by atoms with E-state index in [1.807, 2.05) is 6.08 Å². The molecule has 3 aromatic rings. The quantitative estimate of drug-likeness (QED) is 0.357. The van der Waals surface area contributed by atoms with Crippen molar-refractivity contribution in [3.05, 3.63) is 77.0 Å². The Morgan fingerprint density at radius 1 is 1.00 bits per heavy atom. The molecule has 5 rings (SSSR count). The Balaban J connectivity index is 1.43. The van der Waals surface area contributed by atoms with Crippen LogP contribution in [0, 0.1) is 0 Å². The van der Waals surface area contributed by atoms with E-state index >= 15 is 0 Å². The van der Waals surface area contributed by atoms with E-state index in [1.54, 1.807) is 0 Å². The van der Waals surface area contributed by atoms with Crippen molar-refractivity contribution in [2.45, 2.75) is 45.3 Å². The van der Waals surface area contributed by atoms with Crippen molar-refractivity contribution in [3.8, 4) is 0 Å². The highest BCUT2D eigenvalue weighted by atomic mass is 16.5. The van der Waals surface area contributed by atoms with E-state index in [0.717, 1.165) is 38.2 Å². The van der Waals surface area contributed by atoms with Gasteiger partial charge in [0.15, 0.2) is 0 Å². The Morgan fingerprint density at radius 3 is 2.62 bits per heavy atom. The predicted molar refractivity (Wildman–Crippen MR) is 138 cm³/mol. The summed E-state index contributed by atoms with van der Waals surface area (Å²) in [5.74, 6) is -0.323. The van der Waals surface area contributed by atoms with Gasteiger partial charge in [0.2, 0.25) is 0 Å². The zero-order valence-electron chi connectivity index (χ0n) is 20.2. The number of benzene rings is 2. The Hall–Kier alpha value is -2.89. The van der Waals surface area contributed by atoms with Crippen LogP contribution in [0.5, 0.6) is 0 Å². The molecule has 5 heteroatoms. The molecule has 0 saturated carbocycles. The zero-order valence-corrected chi connectivity index (χ0v) is 20.2. The van der Waals surface area contributed by atoms with E-state index in [-0.39, 0.29) is 5.97 Å². The SMILES string of the molecule is COC(=O)/C=C/c1ccc2c(c1)c1c(n2CCCN2CCCC2)CCN(Cc2ccccc2)C1. The number of esters is 1. The molecule has 0 spiro atoms. The van der Waals surface area contributed by atoms with E-state index in [4.69, 9.17) is 4.74 Å². The summed E-state index contributed by atoms with van der Waals surface area (Å²) in [5.41, 5.74) is 6.67. The van der Waals surface area contributed by atoms with Crippen LogP contribution in [-0.2, 0) is 35.6 Å². The van der Waals surface area contributed by atoms with Crippen molar-refractivity contribution in [3.63, 3.8) is 0 Å². The summed E-state index contributed by atoms with van der Waals surface area (Å²) in [6.45, 7) is 7.80. The van der Waals surface area contributed by atoms with Gasteiger partial charge in [-0.05, 0) is 73.8 Å². The number of carbonyl (C=O) groups excluding carboxylic acids is 1. The van der Waals surface area contributed by atoms with Gasteiger partial charge >= 0.3 is 5.97 Å². The maximum absolute atomic E-state index is 11.6. The summed E-state index contributed by atoms with van der Waals surface area (Å²) in [5, 5.41) is 1.32. The third-order valence-electron chi connectivity index (χ3n) is 7.27. The monoisotopic (exact) mass is 457 g/mol. The molecule has 5 nitrogen and oxygen atoms in total. The van der Waals surface area contributed by atoms with E-state index in [0.29, 0.717) is 0 Å². The summed E-state index contributed by atoms with van der Waals surface area (Å²) in [7, 11) is 1.41. The number of hydrogen-bond donors (Lipinski definition) is 0. The average Bonchev–Trinajstić information content (AvgIpc) is 3.49. The lowest BCUT2D eigenvalue weighted by Crippen LogP contribution is -2.30. The molecule has 34 heavy (non-hydrogen) atoms. The number of rotatable bonds is 8. The zero-order chi connectivity index (χ0) is 23.3. The van der Waals surface area contributed by atoms with Crippen molar-refractivity contribution >= 4 is 22.9 Å². The maximum atomic E-state index is 11.6. The number of nitrogens with zero attached hydrogens (tertiary/aromatic N) is 3. The molecule has 1 saturated heterocycles. The molecule has 2 aliphatic rings. The first-order chi connectivity index (χ1) is 16.7. The molecule has 0 atom stereocenters. The molecule has 1 aromatic heterocycles. The van der Waals surface area contributed by atoms with Crippen LogP contribution in [0.3, 0.4) is 0 Å². The Bertz CT molecular complexity index is 1160. The van der Waals surface area contributed by atoms with Crippen LogP contribution in [0.1, 0.15) is 41.6 Å². The highest BCUT2D eigenvalue weighted by Gasteiger charge is 2.24. The van der Waals surface area contributed by atoms with Gasteiger partial charge in [-0.2, -0.15) is 0 Å². The van der Waals surface area contributed by atoms with Crippen LogP contribution in [-0.4, -0.2) is 53.6 Å². The Kier molecular flexibility index (Phi) is 7.12. The second-order valence-electron chi connectivity index (χ2n) is 9.56.